The molecule has 0 saturated heterocycles. The number of carbonyl (C=O) groups is 2. The van der Waals surface area contributed by atoms with Gasteiger partial charge in [0.25, 0.3) is 5.91 Å². The monoisotopic (exact) mass is 380 g/mol. The number of para-hydroxylation sites is 2. The zero-order valence-electron chi connectivity index (χ0n) is 15.6. The Morgan fingerprint density at radius 3 is 2.48 bits per heavy atom. The highest BCUT2D eigenvalue weighted by atomic mass is 19.3. The molecule has 0 fully saturated rings. The van der Waals surface area contributed by atoms with E-state index in [0.29, 0.717) is 12.1 Å². The molecule has 146 valence electrons. The van der Waals surface area contributed by atoms with Crippen LogP contribution in [0.5, 0.6) is 5.75 Å². The third kappa shape index (κ3) is 4.84. The maximum atomic E-state index is 12.5. The molecule has 1 heterocycles. The first-order chi connectivity index (χ1) is 12.7. The molecule has 1 atom stereocenters. The first kappa shape index (κ1) is 20.4. The van der Waals surface area contributed by atoms with Crippen molar-refractivity contribution in [2.75, 3.05) is 5.32 Å². The van der Waals surface area contributed by atoms with Crippen LogP contribution in [-0.4, -0.2) is 29.2 Å². The van der Waals surface area contributed by atoms with Crippen LogP contribution in [0.2, 0.25) is 0 Å². The van der Waals surface area contributed by atoms with Gasteiger partial charge in [0.2, 0.25) is 0 Å². The summed E-state index contributed by atoms with van der Waals surface area (Å²) in [6.07, 6.45) is -1.12. The van der Waals surface area contributed by atoms with Crippen molar-refractivity contribution in [3.63, 3.8) is 0 Å². The lowest BCUT2D eigenvalue weighted by Gasteiger charge is -2.16. The Hall–Kier alpha value is -2.90. The standard InChI is InChI=1S/C19H22F2N2O4/c1-5-23-11(2)10-14(12(23)3)18(25)26-13(4)17(24)22-15-8-6-7-9-16(15)27-19(20)21/h6-10,13,19H,5H2,1-4H3,(H,22,24)/t13-/m0/s1. The minimum atomic E-state index is -3.02. The first-order valence-electron chi connectivity index (χ1n) is 8.47. The quantitative estimate of drug-likeness (QED) is 0.740. The summed E-state index contributed by atoms with van der Waals surface area (Å²) < 4.78 is 36.5. The number of benzene rings is 1. The van der Waals surface area contributed by atoms with Gasteiger partial charge in [0.15, 0.2) is 6.10 Å². The lowest BCUT2D eigenvalue weighted by atomic mass is 10.2. The Kier molecular flexibility index (Phi) is 6.55. The molecule has 0 bridgehead atoms. The summed E-state index contributed by atoms with van der Waals surface area (Å²) in [5.74, 6) is -1.45. The number of hydrogen-bond donors (Lipinski definition) is 1. The number of anilines is 1. The molecule has 0 spiro atoms. The Balaban J connectivity index is 2.07. The molecule has 2 aromatic rings. The number of nitrogens with zero attached hydrogens (tertiary/aromatic N) is 1. The molecular formula is C19H22F2N2O4. The third-order valence-electron chi connectivity index (χ3n) is 4.12. The highest BCUT2D eigenvalue weighted by Crippen LogP contribution is 2.26. The van der Waals surface area contributed by atoms with Gasteiger partial charge >= 0.3 is 12.6 Å². The first-order valence-corrected chi connectivity index (χ1v) is 8.47. The number of alkyl halides is 2. The van der Waals surface area contributed by atoms with Crippen molar-refractivity contribution in [1.29, 1.82) is 0 Å². The lowest BCUT2D eigenvalue weighted by molar-refractivity contribution is -0.123. The van der Waals surface area contributed by atoms with Gasteiger partial charge < -0.3 is 19.4 Å². The molecule has 0 aliphatic carbocycles. The van der Waals surface area contributed by atoms with Crippen LogP contribution in [0.1, 0.15) is 35.6 Å². The summed E-state index contributed by atoms with van der Waals surface area (Å²) >= 11 is 0. The van der Waals surface area contributed by atoms with Gasteiger partial charge in [0.1, 0.15) is 5.75 Å². The summed E-state index contributed by atoms with van der Waals surface area (Å²) in [7, 11) is 0. The van der Waals surface area contributed by atoms with Gasteiger partial charge in [-0.3, -0.25) is 4.79 Å². The average molecular weight is 380 g/mol. The van der Waals surface area contributed by atoms with Crippen LogP contribution in [-0.2, 0) is 16.1 Å². The van der Waals surface area contributed by atoms with Gasteiger partial charge in [-0.05, 0) is 45.9 Å². The van der Waals surface area contributed by atoms with Crippen molar-refractivity contribution in [3.8, 4) is 5.75 Å². The Bertz CT molecular complexity index is 833. The van der Waals surface area contributed by atoms with Crippen LogP contribution in [0.25, 0.3) is 0 Å². The normalized spacial score (nSPS) is 12.0. The van der Waals surface area contributed by atoms with Crippen LogP contribution in [0.3, 0.4) is 0 Å². The number of aryl methyl sites for hydroxylation is 1. The molecule has 27 heavy (non-hydrogen) atoms. The molecule has 1 aromatic carbocycles. The predicted molar refractivity (Wildman–Crippen MR) is 96.2 cm³/mol. The number of carbonyl (C=O) groups excluding carboxylic acids is 2. The Labute approximate surface area is 156 Å². The number of hydrogen-bond acceptors (Lipinski definition) is 4. The molecule has 0 radical (unpaired) electrons. The molecule has 1 amide bonds. The molecular weight excluding hydrogens is 358 g/mol. The van der Waals surface area contributed by atoms with E-state index in [1.54, 1.807) is 19.1 Å². The molecule has 0 aliphatic rings. The molecule has 0 saturated carbocycles. The van der Waals surface area contributed by atoms with Gasteiger partial charge in [0.05, 0.1) is 11.3 Å². The Morgan fingerprint density at radius 1 is 1.22 bits per heavy atom. The van der Waals surface area contributed by atoms with E-state index in [2.05, 4.69) is 10.1 Å². The molecule has 1 N–H and O–H groups in total. The fourth-order valence-electron chi connectivity index (χ4n) is 2.77. The summed E-state index contributed by atoms with van der Waals surface area (Å²) in [4.78, 5) is 24.7. The van der Waals surface area contributed by atoms with E-state index >= 15 is 0 Å². The summed E-state index contributed by atoms with van der Waals surface area (Å²) in [5.41, 5.74) is 2.12. The third-order valence-corrected chi connectivity index (χ3v) is 4.12. The molecule has 6 nitrogen and oxygen atoms in total. The topological polar surface area (TPSA) is 69.6 Å². The van der Waals surface area contributed by atoms with Crippen molar-refractivity contribution >= 4 is 17.6 Å². The highest BCUT2D eigenvalue weighted by Gasteiger charge is 2.23. The van der Waals surface area contributed by atoms with Crippen molar-refractivity contribution < 1.29 is 27.8 Å². The van der Waals surface area contributed by atoms with E-state index in [4.69, 9.17) is 4.74 Å². The van der Waals surface area contributed by atoms with Gasteiger partial charge in [0, 0.05) is 17.9 Å². The van der Waals surface area contributed by atoms with Gasteiger partial charge in [-0.1, -0.05) is 12.1 Å². The fourth-order valence-corrected chi connectivity index (χ4v) is 2.77. The minimum absolute atomic E-state index is 0.0647. The second-order valence-electron chi connectivity index (χ2n) is 5.94. The number of esters is 1. The van der Waals surface area contributed by atoms with E-state index < -0.39 is 24.6 Å². The van der Waals surface area contributed by atoms with Crippen LogP contribution >= 0.6 is 0 Å². The number of amides is 1. The van der Waals surface area contributed by atoms with Gasteiger partial charge in [-0.2, -0.15) is 8.78 Å². The summed E-state index contributed by atoms with van der Waals surface area (Å²) in [5, 5.41) is 2.44. The van der Waals surface area contributed by atoms with Crippen molar-refractivity contribution in [3.05, 3.63) is 47.3 Å². The number of aromatic nitrogens is 1. The molecule has 2 rings (SSSR count). The number of rotatable bonds is 7. The van der Waals surface area contributed by atoms with Crippen LogP contribution in [0.15, 0.2) is 30.3 Å². The molecule has 8 heteroatoms. The zero-order valence-corrected chi connectivity index (χ0v) is 15.6. The number of ether oxygens (including phenoxy) is 2. The van der Waals surface area contributed by atoms with E-state index in [9.17, 15) is 18.4 Å². The number of nitrogens with one attached hydrogen (secondary N) is 1. The largest absolute Gasteiger partial charge is 0.449 e. The summed E-state index contributed by atoms with van der Waals surface area (Å²) in [6.45, 7) is 4.74. The SMILES string of the molecule is CCn1c(C)cc(C(=O)O[C@@H](C)C(=O)Nc2ccccc2OC(F)F)c1C. The van der Waals surface area contributed by atoms with E-state index in [1.165, 1.54) is 25.1 Å². The molecule has 0 aliphatic heterocycles. The van der Waals surface area contributed by atoms with Crippen molar-refractivity contribution in [1.82, 2.24) is 4.57 Å². The van der Waals surface area contributed by atoms with Gasteiger partial charge in [-0.25, -0.2) is 4.79 Å². The van der Waals surface area contributed by atoms with Gasteiger partial charge in [-0.15, -0.1) is 0 Å². The van der Waals surface area contributed by atoms with Crippen molar-refractivity contribution in [2.24, 2.45) is 0 Å². The van der Waals surface area contributed by atoms with Crippen LogP contribution in [0.4, 0.5) is 14.5 Å². The predicted octanol–water partition coefficient (Wildman–Crippen LogP) is 3.91. The molecule has 0 unspecified atom stereocenters. The lowest BCUT2D eigenvalue weighted by Crippen LogP contribution is -2.30. The minimum Gasteiger partial charge on any atom is -0.449 e. The zero-order chi connectivity index (χ0) is 20.1. The molecule has 1 aromatic heterocycles. The average Bonchev–Trinajstić information content (AvgIpc) is 2.89. The van der Waals surface area contributed by atoms with Crippen LogP contribution < -0.4 is 10.1 Å². The van der Waals surface area contributed by atoms with Crippen LogP contribution in [0, 0.1) is 13.8 Å². The maximum Gasteiger partial charge on any atom is 0.387 e. The highest BCUT2D eigenvalue weighted by molar-refractivity contribution is 5.98. The van der Waals surface area contributed by atoms with E-state index in [-0.39, 0.29) is 11.4 Å². The maximum absolute atomic E-state index is 12.5. The van der Waals surface area contributed by atoms with Crippen molar-refractivity contribution in [2.45, 2.75) is 47.0 Å². The number of halogens is 2. The fraction of sp³-hybridized carbons (Fsp3) is 0.368. The van der Waals surface area contributed by atoms with E-state index in [1.807, 2.05) is 18.4 Å². The smallest absolute Gasteiger partial charge is 0.387 e. The summed E-state index contributed by atoms with van der Waals surface area (Å²) in [6, 6.07) is 7.49. The Morgan fingerprint density at radius 2 is 1.89 bits per heavy atom. The van der Waals surface area contributed by atoms with E-state index in [0.717, 1.165) is 11.4 Å². The second-order valence-corrected chi connectivity index (χ2v) is 5.94. The second kappa shape index (κ2) is 8.66.